The first-order chi connectivity index (χ1) is 13.9. The average molecular weight is 440 g/mol. The quantitative estimate of drug-likeness (QED) is 0.362. The number of hydrogen-bond donors (Lipinski definition) is 2. The van der Waals surface area contributed by atoms with Crippen molar-refractivity contribution in [1.29, 1.82) is 0 Å². The highest BCUT2D eigenvalue weighted by molar-refractivity contribution is 6.33. The van der Waals surface area contributed by atoms with Gasteiger partial charge in [0.2, 0.25) is 17.6 Å². The summed E-state index contributed by atoms with van der Waals surface area (Å²) >= 11 is 6.01. The van der Waals surface area contributed by atoms with Crippen molar-refractivity contribution in [2.45, 2.75) is 20.8 Å². The van der Waals surface area contributed by atoms with E-state index in [9.17, 15) is 29.0 Å². The molecule has 9 nitrogen and oxygen atoms in total. The molecule has 2 aromatic heterocycles. The van der Waals surface area contributed by atoms with E-state index in [-0.39, 0.29) is 10.4 Å². The molecule has 0 radical (unpaired) electrons. The van der Waals surface area contributed by atoms with Gasteiger partial charge in [-0.2, -0.15) is 4.39 Å². The SMILES string of the molecule is CC(C)(C)C(=O)Oc1c(Cl)cc2cc(C(=O)On3c(O)ccc3O)c(=O)oc2c1F. The van der Waals surface area contributed by atoms with Crippen LogP contribution in [0.4, 0.5) is 4.39 Å². The van der Waals surface area contributed by atoms with Crippen LogP contribution < -0.4 is 15.2 Å². The minimum absolute atomic E-state index is 0.0967. The van der Waals surface area contributed by atoms with Crippen molar-refractivity contribution in [3.05, 3.63) is 51.1 Å². The first-order valence-corrected chi connectivity index (χ1v) is 8.78. The third-order valence-electron chi connectivity index (χ3n) is 3.87. The molecule has 3 rings (SSSR count). The number of esters is 1. The van der Waals surface area contributed by atoms with E-state index in [1.807, 2.05) is 0 Å². The Morgan fingerprint density at radius 2 is 1.77 bits per heavy atom. The smallest absolute Gasteiger partial charge is 0.371 e. The van der Waals surface area contributed by atoms with Crippen LogP contribution in [-0.2, 0) is 4.79 Å². The Kier molecular flexibility index (Phi) is 5.21. The molecule has 0 unspecified atom stereocenters. The number of aromatic nitrogens is 1. The van der Waals surface area contributed by atoms with Gasteiger partial charge in [-0.05, 0) is 32.9 Å². The van der Waals surface area contributed by atoms with Crippen molar-refractivity contribution < 1.29 is 38.2 Å². The molecule has 0 spiro atoms. The Morgan fingerprint density at radius 1 is 1.17 bits per heavy atom. The van der Waals surface area contributed by atoms with Gasteiger partial charge >= 0.3 is 17.6 Å². The van der Waals surface area contributed by atoms with E-state index >= 15 is 0 Å². The molecule has 11 heteroatoms. The highest BCUT2D eigenvalue weighted by Gasteiger charge is 2.28. The van der Waals surface area contributed by atoms with Crippen LogP contribution in [-0.4, -0.2) is 26.9 Å². The van der Waals surface area contributed by atoms with Crippen molar-refractivity contribution in [3.8, 4) is 17.5 Å². The van der Waals surface area contributed by atoms with E-state index in [1.54, 1.807) is 20.8 Å². The Hall–Kier alpha value is -3.53. The second-order valence-electron chi connectivity index (χ2n) is 7.23. The van der Waals surface area contributed by atoms with Gasteiger partial charge in [0.25, 0.3) is 0 Å². The van der Waals surface area contributed by atoms with Gasteiger partial charge in [0.15, 0.2) is 11.3 Å². The summed E-state index contributed by atoms with van der Waals surface area (Å²) < 4.78 is 25.1. The number of aromatic hydroxyl groups is 2. The lowest BCUT2D eigenvalue weighted by molar-refractivity contribution is -0.143. The molecule has 2 heterocycles. The van der Waals surface area contributed by atoms with Gasteiger partial charge < -0.3 is 24.2 Å². The third-order valence-corrected chi connectivity index (χ3v) is 4.15. The molecule has 0 atom stereocenters. The minimum Gasteiger partial charge on any atom is -0.492 e. The number of ether oxygens (including phenoxy) is 1. The number of hydrogen-bond acceptors (Lipinski definition) is 8. The summed E-state index contributed by atoms with van der Waals surface area (Å²) in [6.07, 6.45) is 0. The number of fused-ring (bicyclic) bond motifs is 1. The highest BCUT2D eigenvalue weighted by atomic mass is 35.5. The fourth-order valence-electron chi connectivity index (χ4n) is 2.28. The van der Waals surface area contributed by atoms with E-state index < -0.39 is 57.5 Å². The maximum absolute atomic E-state index is 14.8. The normalized spacial score (nSPS) is 11.5. The van der Waals surface area contributed by atoms with Gasteiger partial charge in [0, 0.05) is 17.5 Å². The van der Waals surface area contributed by atoms with E-state index in [2.05, 4.69) is 0 Å². The third kappa shape index (κ3) is 3.81. The zero-order valence-electron chi connectivity index (χ0n) is 15.9. The van der Waals surface area contributed by atoms with Crippen molar-refractivity contribution in [2.24, 2.45) is 5.41 Å². The van der Waals surface area contributed by atoms with E-state index in [0.29, 0.717) is 4.73 Å². The van der Waals surface area contributed by atoms with Crippen molar-refractivity contribution in [2.75, 3.05) is 0 Å². The highest BCUT2D eigenvalue weighted by Crippen LogP contribution is 2.35. The van der Waals surface area contributed by atoms with Gasteiger partial charge in [-0.1, -0.05) is 11.6 Å². The van der Waals surface area contributed by atoms with Crippen molar-refractivity contribution in [1.82, 2.24) is 4.73 Å². The summed E-state index contributed by atoms with van der Waals surface area (Å²) in [5.41, 5.74) is -3.48. The lowest BCUT2D eigenvalue weighted by atomic mass is 9.97. The number of halogens is 2. The van der Waals surface area contributed by atoms with E-state index in [4.69, 9.17) is 25.6 Å². The molecule has 30 heavy (non-hydrogen) atoms. The summed E-state index contributed by atoms with van der Waals surface area (Å²) in [6, 6.07) is 4.17. The molecule has 0 amide bonds. The second kappa shape index (κ2) is 7.38. The number of carbonyl (C=O) groups is 2. The number of nitrogens with zero attached hydrogens (tertiary/aromatic N) is 1. The summed E-state index contributed by atoms with van der Waals surface area (Å²) in [5.74, 6) is -5.10. The van der Waals surface area contributed by atoms with Crippen molar-refractivity contribution >= 4 is 34.5 Å². The predicted molar refractivity (Wildman–Crippen MR) is 101 cm³/mol. The zero-order valence-corrected chi connectivity index (χ0v) is 16.6. The number of rotatable bonds is 3. The molecule has 1 aromatic carbocycles. The summed E-state index contributed by atoms with van der Waals surface area (Å²) in [6.45, 7) is 4.67. The Morgan fingerprint density at radius 3 is 2.33 bits per heavy atom. The minimum atomic E-state index is -1.30. The predicted octanol–water partition coefficient (Wildman–Crippen LogP) is 3.02. The van der Waals surface area contributed by atoms with Crippen LogP contribution in [0.15, 0.2) is 33.5 Å². The Labute approximate surface area is 172 Å². The summed E-state index contributed by atoms with van der Waals surface area (Å²) in [4.78, 5) is 41.2. The molecule has 0 aliphatic carbocycles. The molecule has 0 saturated heterocycles. The van der Waals surface area contributed by atoms with Crippen molar-refractivity contribution in [3.63, 3.8) is 0 Å². The molecular formula is C19H15ClFNO8. The van der Waals surface area contributed by atoms with Crippen LogP contribution in [0.3, 0.4) is 0 Å². The van der Waals surface area contributed by atoms with Gasteiger partial charge in [-0.25, -0.2) is 9.59 Å². The molecule has 0 saturated carbocycles. The molecule has 0 aliphatic heterocycles. The van der Waals surface area contributed by atoms with Crippen LogP contribution in [0, 0.1) is 11.2 Å². The summed E-state index contributed by atoms with van der Waals surface area (Å²) in [5, 5.41) is 18.6. The number of benzene rings is 1. The van der Waals surface area contributed by atoms with Crippen LogP contribution in [0.2, 0.25) is 5.02 Å². The van der Waals surface area contributed by atoms with Gasteiger partial charge in [-0.3, -0.25) is 4.79 Å². The monoisotopic (exact) mass is 439 g/mol. The topological polar surface area (TPSA) is 128 Å². The largest absolute Gasteiger partial charge is 0.492 e. The molecule has 0 bridgehead atoms. The van der Waals surface area contributed by atoms with E-state index in [0.717, 1.165) is 24.3 Å². The molecule has 158 valence electrons. The molecule has 0 fully saturated rings. The lowest BCUT2D eigenvalue weighted by Crippen LogP contribution is -2.26. The van der Waals surface area contributed by atoms with Gasteiger partial charge in [-0.15, -0.1) is 4.73 Å². The van der Waals surface area contributed by atoms with E-state index in [1.165, 1.54) is 0 Å². The van der Waals surface area contributed by atoms with Gasteiger partial charge in [0.1, 0.15) is 5.56 Å². The maximum Gasteiger partial charge on any atom is 0.371 e. The first kappa shape index (κ1) is 21.2. The Bertz CT molecular complexity index is 1220. The molecule has 2 N–H and O–H groups in total. The number of carbonyl (C=O) groups excluding carboxylic acids is 2. The second-order valence-corrected chi connectivity index (χ2v) is 7.64. The van der Waals surface area contributed by atoms with Crippen LogP contribution in [0.1, 0.15) is 31.1 Å². The maximum atomic E-state index is 14.8. The Balaban J connectivity index is 2.04. The fraction of sp³-hybridized carbons (Fsp3) is 0.211. The lowest BCUT2D eigenvalue weighted by Gasteiger charge is -2.17. The molecular weight excluding hydrogens is 425 g/mol. The van der Waals surface area contributed by atoms with Gasteiger partial charge in [0.05, 0.1) is 10.4 Å². The van der Waals surface area contributed by atoms with Crippen LogP contribution >= 0.6 is 11.6 Å². The molecule has 0 aliphatic rings. The molecule has 3 aromatic rings. The zero-order chi connectivity index (χ0) is 22.4. The average Bonchev–Trinajstić information content (AvgIpc) is 2.96. The standard InChI is InChI=1S/C19H15ClFNO8/c1-19(2,3)18(27)29-15-10(20)7-8-6-9(16(25)28-14(8)13(15)21)17(26)30-22-11(23)4-5-12(22)24/h4-7,23-24H,1-3H3. The van der Waals surface area contributed by atoms with Crippen LogP contribution in [0.5, 0.6) is 17.5 Å². The first-order valence-electron chi connectivity index (χ1n) is 8.40. The van der Waals surface area contributed by atoms with Crippen LogP contribution in [0.25, 0.3) is 11.0 Å². The summed E-state index contributed by atoms with van der Waals surface area (Å²) in [7, 11) is 0. The fourth-order valence-corrected chi connectivity index (χ4v) is 2.52.